The number of hydrogen-bond acceptors (Lipinski definition) is 1. The van der Waals surface area contributed by atoms with Gasteiger partial charge in [0.15, 0.2) is 0 Å². The molecule has 0 aliphatic rings. The number of nitrogens with two attached hydrogens (primary N) is 1. The van der Waals surface area contributed by atoms with Gasteiger partial charge in [0.1, 0.15) is 5.82 Å². The second kappa shape index (κ2) is 4.20. The molecule has 0 aliphatic heterocycles. The van der Waals surface area contributed by atoms with Gasteiger partial charge in [-0.1, -0.05) is 19.9 Å². The molecule has 0 saturated heterocycles. The van der Waals surface area contributed by atoms with Crippen LogP contribution < -0.4 is 5.73 Å². The molecule has 3 heteroatoms. The van der Waals surface area contributed by atoms with Crippen LogP contribution in [0.3, 0.4) is 0 Å². The van der Waals surface area contributed by atoms with Crippen LogP contribution in [-0.4, -0.2) is 0 Å². The first-order valence-corrected chi connectivity index (χ1v) is 5.03. The molecule has 2 N–H and O–H groups in total. The summed E-state index contributed by atoms with van der Waals surface area (Å²) in [7, 11) is 0. The summed E-state index contributed by atoms with van der Waals surface area (Å²) in [4.78, 5) is 0. The Bertz CT molecular complexity index is 310. The van der Waals surface area contributed by atoms with Crippen LogP contribution in [0.4, 0.5) is 4.39 Å². The van der Waals surface area contributed by atoms with E-state index in [1.54, 1.807) is 6.07 Å². The molecule has 0 heterocycles. The van der Waals surface area contributed by atoms with Crippen LogP contribution in [0.25, 0.3) is 0 Å². The van der Waals surface area contributed by atoms with Gasteiger partial charge in [-0.15, -0.1) is 0 Å². The third-order valence-electron chi connectivity index (χ3n) is 1.97. The van der Waals surface area contributed by atoms with Crippen molar-refractivity contribution in [3.05, 3.63) is 33.5 Å². The van der Waals surface area contributed by atoms with Crippen LogP contribution in [0.1, 0.15) is 30.9 Å². The molecular formula is C10H13BrFN. The maximum absolute atomic E-state index is 13.5. The van der Waals surface area contributed by atoms with Crippen molar-refractivity contribution in [3.8, 4) is 0 Å². The monoisotopic (exact) mass is 245 g/mol. The highest BCUT2D eigenvalue weighted by Gasteiger charge is 2.11. The summed E-state index contributed by atoms with van der Waals surface area (Å²) in [6.45, 7) is 4.37. The molecule has 1 aromatic carbocycles. The van der Waals surface area contributed by atoms with Gasteiger partial charge in [0.2, 0.25) is 0 Å². The Morgan fingerprint density at radius 3 is 2.54 bits per heavy atom. The Morgan fingerprint density at radius 1 is 1.46 bits per heavy atom. The lowest BCUT2D eigenvalue weighted by Crippen LogP contribution is -2.01. The van der Waals surface area contributed by atoms with Crippen molar-refractivity contribution < 1.29 is 4.39 Å². The van der Waals surface area contributed by atoms with Crippen LogP contribution in [0, 0.1) is 5.82 Å². The quantitative estimate of drug-likeness (QED) is 0.852. The van der Waals surface area contributed by atoms with Gasteiger partial charge in [0, 0.05) is 6.54 Å². The van der Waals surface area contributed by atoms with Gasteiger partial charge >= 0.3 is 0 Å². The molecule has 0 aliphatic carbocycles. The molecular weight excluding hydrogens is 233 g/mol. The van der Waals surface area contributed by atoms with Crippen molar-refractivity contribution in [1.82, 2.24) is 0 Å². The lowest BCUT2D eigenvalue weighted by molar-refractivity contribution is 0.590. The molecule has 1 aromatic rings. The van der Waals surface area contributed by atoms with Crippen LogP contribution in [-0.2, 0) is 6.54 Å². The number of hydrogen-bond donors (Lipinski definition) is 1. The van der Waals surface area contributed by atoms with E-state index in [2.05, 4.69) is 15.9 Å². The van der Waals surface area contributed by atoms with Crippen molar-refractivity contribution in [2.75, 3.05) is 0 Å². The van der Waals surface area contributed by atoms with Gasteiger partial charge < -0.3 is 5.73 Å². The lowest BCUT2D eigenvalue weighted by atomic mass is 10.0. The molecule has 0 bridgehead atoms. The molecule has 13 heavy (non-hydrogen) atoms. The van der Waals surface area contributed by atoms with Crippen LogP contribution in [0.5, 0.6) is 0 Å². The van der Waals surface area contributed by atoms with E-state index >= 15 is 0 Å². The highest BCUT2D eigenvalue weighted by atomic mass is 79.9. The first-order chi connectivity index (χ1) is 6.06. The summed E-state index contributed by atoms with van der Waals surface area (Å²) in [5.74, 6) is 0.00926. The average molecular weight is 246 g/mol. The Morgan fingerprint density at radius 2 is 2.08 bits per heavy atom. The SMILES string of the molecule is CC(C)c1cc(CN)cc(Br)c1F. The summed E-state index contributed by atoms with van der Waals surface area (Å²) in [6.07, 6.45) is 0. The van der Waals surface area contributed by atoms with E-state index in [4.69, 9.17) is 5.73 Å². The van der Waals surface area contributed by atoms with Gasteiger partial charge in [-0.05, 0) is 39.0 Å². The lowest BCUT2D eigenvalue weighted by Gasteiger charge is -2.10. The molecule has 72 valence electrons. The van der Waals surface area contributed by atoms with E-state index in [1.165, 1.54) is 0 Å². The smallest absolute Gasteiger partial charge is 0.140 e. The number of halogens is 2. The molecule has 0 fully saturated rings. The fourth-order valence-corrected chi connectivity index (χ4v) is 1.73. The van der Waals surface area contributed by atoms with Crippen molar-refractivity contribution in [2.45, 2.75) is 26.3 Å². The van der Waals surface area contributed by atoms with E-state index in [0.29, 0.717) is 11.0 Å². The first kappa shape index (κ1) is 10.7. The summed E-state index contributed by atoms with van der Waals surface area (Å²) in [5, 5.41) is 0. The molecule has 1 nitrogen and oxygen atoms in total. The van der Waals surface area contributed by atoms with Crippen molar-refractivity contribution >= 4 is 15.9 Å². The fraction of sp³-hybridized carbons (Fsp3) is 0.400. The largest absolute Gasteiger partial charge is 0.326 e. The molecule has 0 atom stereocenters. The predicted molar refractivity (Wildman–Crippen MR) is 56.1 cm³/mol. The maximum Gasteiger partial charge on any atom is 0.140 e. The summed E-state index contributed by atoms with van der Waals surface area (Å²) < 4.78 is 14.0. The molecule has 0 amide bonds. The zero-order chi connectivity index (χ0) is 10.0. The molecule has 1 rings (SSSR count). The second-order valence-corrected chi connectivity index (χ2v) is 4.19. The van der Waals surface area contributed by atoms with Crippen molar-refractivity contribution in [1.29, 1.82) is 0 Å². The topological polar surface area (TPSA) is 26.0 Å². The normalized spacial score (nSPS) is 10.9. The highest BCUT2D eigenvalue weighted by molar-refractivity contribution is 9.10. The molecule has 0 radical (unpaired) electrons. The Balaban J connectivity index is 3.25. The predicted octanol–water partition coefficient (Wildman–Crippen LogP) is 3.17. The summed E-state index contributed by atoms with van der Waals surface area (Å²) in [5.41, 5.74) is 7.17. The molecule has 0 saturated carbocycles. The minimum absolute atomic E-state index is 0.174. The van der Waals surface area contributed by atoms with Gasteiger partial charge in [-0.25, -0.2) is 4.39 Å². The highest BCUT2D eigenvalue weighted by Crippen LogP contribution is 2.26. The van der Waals surface area contributed by atoms with Crippen LogP contribution in [0.15, 0.2) is 16.6 Å². The summed E-state index contributed by atoms with van der Waals surface area (Å²) in [6, 6.07) is 3.55. The van der Waals surface area contributed by atoms with Gasteiger partial charge in [-0.2, -0.15) is 0 Å². The average Bonchev–Trinajstić information content (AvgIpc) is 2.09. The Kier molecular flexibility index (Phi) is 3.45. The van der Waals surface area contributed by atoms with Gasteiger partial charge in [-0.3, -0.25) is 0 Å². The Labute approximate surface area is 86.3 Å². The van der Waals surface area contributed by atoms with Crippen LogP contribution >= 0.6 is 15.9 Å². The second-order valence-electron chi connectivity index (χ2n) is 3.34. The van der Waals surface area contributed by atoms with Gasteiger partial charge in [0.25, 0.3) is 0 Å². The van der Waals surface area contributed by atoms with E-state index in [-0.39, 0.29) is 11.7 Å². The first-order valence-electron chi connectivity index (χ1n) is 4.24. The molecule has 0 spiro atoms. The minimum Gasteiger partial charge on any atom is -0.326 e. The molecule has 0 unspecified atom stereocenters. The fourth-order valence-electron chi connectivity index (χ4n) is 1.21. The zero-order valence-corrected chi connectivity index (χ0v) is 9.36. The number of rotatable bonds is 2. The maximum atomic E-state index is 13.5. The molecule has 0 aromatic heterocycles. The van der Waals surface area contributed by atoms with E-state index < -0.39 is 0 Å². The van der Waals surface area contributed by atoms with Crippen molar-refractivity contribution in [2.24, 2.45) is 5.73 Å². The van der Waals surface area contributed by atoms with Gasteiger partial charge in [0.05, 0.1) is 4.47 Å². The van der Waals surface area contributed by atoms with E-state index in [1.807, 2.05) is 19.9 Å². The van der Waals surface area contributed by atoms with Crippen molar-refractivity contribution in [3.63, 3.8) is 0 Å². The standard InChI is InChI=1S/C10H13BrFN/c1-6(2)8-3-7(5-13)4-9(11)10(8)12/h3-4,6H,5,13H2,1-2H3. The zero-order valence-electron chi connectivity index (χ0n) is 7.77. The Hall–Kier alpha value is -0.410. The third kappa shape index (κ3) is 2.29. The summed E-state index contributed by atoms with van der Waals surface area (Å²) >= 11 is 3.18. The van der Waals surface area contributed by atoms with E-state index in [9.17, 15) is 4.39 Å². The third-order valence-corrected chi connectivity index (χ3v) is 2.55. The number of benzene rings is 1. The minimum atomic E-state index is -0.174. The van der Waals surface area contributed by atoms with Crippen LogP contribution in [0.2, 0.25) is 0 Å². The van der Waals surface area contributed by atoms with E-state index in [0.717, 1.165) is 11.1 Å².